The fraction of sp³-hybridized carbons (Fsp3) is 0.188. The highest BCUT2D eigenvalue weighted by Crippen LogP contribution is 2.19. The van der Waals surface area contributed by atoms with Crippen LogP contribution in [0.4, 0.5) is 0 Å². The van der Waals surface area contributed by atoms with Crippen LogP contribution in [-0.2, 0) is 9.53 Å². The summed E-state index contributed by atoms with van der Waals surface area (Å²) < 4.78 is 5.24. The van der Waals surface area contributed by atoms with E-state index < -0.39 is 0 Å². The maximum Gasteiger partial charge on any atom is 0.308 e. The minimum atomic E-state index is -0.252. The van der Waals surface area contributed by atoms with Gasteiger partial charge in [0.2, 0.25) is 0 Å². The number of rotatable bonds is 7. The van der Waals surface area contributed by atoms with Gasteiger partial charge in [0.25, 0.3) is 0 Å². The Bertz CT molecular complexity index is 2610. The third-order valence-electron chi connectivity index (χ3n) is 4.74. The van der Waals surface area contributed by atoms with E-state index in [1.54, 1.807) is 0 Å². The summed E-state index contributed by atoms with van der Waals surface area (Å²) in [7, 11) is 0. The SMILES string of the molecule is C#CC#CC#CC#CC#CC#CC#CC#CC#CC#CC(=C=C=C=C=C=C=C=C=C=C=C=C=C=C=C=C=C)C(C)CCC(C)C(=O)OCCC. The second-order valence-corrected chi connectivity index (χ2v) is 8.41. The number of carbonyl (C=O) groups is 1. The Kier molecular flexibility index (Phi) is 27.4. The zero-order valence-electron chi connectivity index (χ0n) is 27.6. The molecule has 0 aliphatic heterocycles. The summed E-state index contributed by atoms with van der Waals surface area (Å²) in [5, 5.41) is 0. The third kappa shape index (κ3) is 28.1. The molecule has 0 spiro atoms. The minimum Gasteiger partial charge on any atom is -0.465 e. The molecule has 2 atom stereocenters. The number of hydrogen-bond donors (Lipinski definition) is 0. The van der Waals surface area contributed by atoms with Crippen LogP contribution in [0.3, 0.4) is 0 Å². The number of ether oxygens (including phenoxy) is 1. The molecule has 226 valence electrons. The van der Waals surface area contributed by atoms with E-state index in [0.717, 1.165) is 6.42 Å². The lowest BCUT2D eigenvalue weighted by Crippen LogP contribution is -2.16. The van der Waals surface area contributed by atoms with E-state index in [4.69, 9.17) is 11.2 Å². The topological polar surface area (TPSA) is 26.3 Å². The molecule has 2 nitrogen and oxygen atoms in total. The Morgan fingerprint density at radius 3 is 1.30 bits per heavy atom. The Morgan fingerprint density at radius 1 is 0.540 bits per heavy atom. The maximum atomic E-state index is 12.1. The number of terminal acetylenes is 1. The number of allylic oxidation sites excluding steroid dienone is 1. The van der Waals surface area contributed by atoms with Crippen LogP contribution in [0, 0.1) is 131 Å². The summed E-state index contributed by atoms with van der Waals surface area (Å²) in [6.07, 6.45) is 6.99. The zero-order chi connectivity index (χ0) is 36.6. The van der Waals surface area contributed by atoms with Crippen molar-refractivity contribution in [3.05, 3.63) is 104 Å². The highest BCUT2D eigenvalue weighted by atomic mass is 16.5. The van der Waals surface area contributed by atoms with Crippen molar-refractivity contribution in [2.45, 2.75) is 40.0 Å². The summed E-state index contributed by atoms with van der Waals surface area (Å²) in [4.78, 5) is 12.1. The number of hydrogen-bond acceptors (Lipinski definition) is 2. The smallest absolute Gasteiger partial charge is 0.308 e. The van der Waals surface area contributed by atoms with Crippen LogP contribution < -0.4 is 0 Å². The predicted molar refractivity (Wildman–Crippen MR) is 193 cm³/mol. The Morgan fingerprint density at radius 2 is 0.900 bits per heavy atom. The molecule has 2 unspecified atom stereocenters. The van der Waals surface area contributed by atoms with Gasteiger partial charge in [-0.3, -0.25) is 4.79 Å². The monoisotopic (exact) mass is 630 g/mol. The first-order valence-corrected chi connectivity index (χ1v) is 14.3. The summed E-state index contributed by atoms with van der Waals surface area (Å²) in [5.74, 6) is 47.5. The van der Waals surface area contributed by atoms with Crippen LogP contribution >= 0.6 is 0 Å². The minimum absolute atomic E-state index is 0.0630. The second-order valence-electron chi connectivity index (χ2n) is 8.41. The summed E-state index contributed by atoms with van der Waals surface area (Å²) in [6.45, 7) is 9.48. The molecule has 0 aliphatic carbocycles. The van der Waals surface area contributed by atoms with Gasteiger partial charge < -0.3 is 4.74 Å². The Balaban J connectivity index is 6.14. The van der Waals surface area contributed by atoms with Crippen molar-refractivity contribution in [1.82, 2.24) is 0 Å². The van der Waals surface area contributed by atoms with Crippen LogP contribution in [0.15, 0.2) is 104 Å². The van der Waals surface area contributed by atoms with Gasteiger partial charge in [-0.05, 0) is 218 Å². The standard InChI is InChI=1S/C48H22O2/c1-6-9-11-13-15-17-19-21-23-24-25-27-29-31-33-35-37-39-41-47(45(4)42-43-46(5)48(49)50-44-8-3)40-38-36-34-32-30-28-26-22-20-18-16-14-12-10-7-2/h1,45-46H,2,8,42-44H2,3-5H3. The lowest BCUT2D eigenvalue weighted by molar-refractivity contribution is -0.148. The molecular formula is C48H22O2. The molecular weight excluding hydrogens is 609 g/mol. The van der Waals surface area contributed by atoms with Crippen molar-refractivity contribution >= 4 is 5.97 Å². The average molecular weight is 631 g/mol. The van der Waals surface area contributed by atoms with E-state index in [1.807, 2.05) is 20.8 Å². The van der Waals surface area contributed by atoms with E-state index in [2.05, 4.69) is 211 Å². The predicted octanol–water partition coefficient (Wildman–Crippen LogP) is 5.69. The highest BCUT2D eigenvalue weighted by molar-refractivity contribution is 5.71. The Hall–Kier alpha value is -8.71. The van der Waals surface area contributed by atoms with Gasteiger partial charge in [-0.1, -0.05) is 26.5 Å². The van der Waals surface area contributed by atoms with Crippen molar-refractivity contribution in [2.75, 3.05) is 6.61 Å². The molecule has 2 heteroatoms. The molecule has 0 N–H and O–H groups in total. The van der Waals surface area contributed by atoms with Gasteiger partial charge in [0, 0.05) is 11.8 Å². The Labute approximate surface area is 295 Å². The van der Waals surface area contributed by atoms with Gasteiger partial charge in [-0.25, -0.2) is 0 Å². The van der Waals surface area contributed by atoms with E-state index in [9.17, 15) is 4.79 Å². The van der Waals surface area contributed by atoms with Crippen LogP contribution in [-0.4, -0.2) is 12.6 Å². The molecule has 50 heavy (non-hydrogen) atoms. The van der Waals surface area contributed by atoms with Gasteiger partial charge in [0.05, 0.1) is 18.1 Å². The fourth-order valence-corrected chi connectivity index (χ4v) is 2.51. The van der Waals surface area contributed by atoms with Crippen molar-refractivity contribution in [3.63, 3.8) is 0 Å². The van der Waals surface area contributed by atoms with E-state index in [0.29, 0.717) is 25.0 Å². The average Bonchev–Trinajstić information content (AvgIpc) is 3.12. The summed E-state index contributed by atoms with van der Waals surface area (Å²) in [5.41, 5.74) is 41.7. The molecule has 0 fully saturated rings. The normalized spacial score (nSPS) is 7.08. The molecule has 0 radical (unpaired) electrons. The molecule has 0 aliphatic rings. The number of esters is 1. The first kappa shape index (κ1) is 41.3. The molecule has 0 aromatic heterocycles. The van der Waals surface area contributed by atoms with Gasteiger partial charge in [-0.2, -0.15) is 0 Å². The van der Waals surface area contributed by atoms with Gasteiger partial charge >= 0.3 is 5.97 Å². The van der Waals surface area contributed by atoms with Crippen molar-refractivity contribution in [3.8, 4) is 119 Å². The maximum absolute atomic E-state index is 12.1. The third-order valence-corrected chi connectivity index (χ3v) is 4.74. The lowest BCUT2D eigenvalue weighted by atomic mass is 9.92. The van der Waals surface area contributed by atoms with E-state index >= 15 is 0 Å². The molecule has 0 rings (SSSR count). The van der Waals surface area contributed by atoms with Gasteiger partial charge in [0.1, 0.15) is 0 Å². The second kappa shape index (κ2) is 33.2. The summed E-state index contributed by atoms with van der Waals surface area (Å²) >= 11 is 0. The number of carbonyl (C=O) groups excluding carboxylic acids is 1. The quantitative estimate of drug-likeness (QED) is 0.205. The molecule has 0 heterocycles. The molecule has 0 saturated carbocycles. The molecule has 0 amide bonds. The van der Waals surface area contributed by atoms with Crippen molar-refractivity contribution < 1.29 is 9.53 Å². The van der Waals surface area contributed by atoms with E-state index in [-0.39, 0.29) is 17.8 Å². The van der Waals surface area contributed by atoms with Crippen LogP contribution in [0.1, 0.15) is 40.0 Å². The van der Waals surface area contributed by atoms with Crippen molar-refractivity contribution in [2.24, 2.45) is 11.8 Å². The first-order valence-electron chi connectivity index (χ1n) is 14.3. The molecule has 0 bridgehead atoms. The fourth-order valence-electron chi connectivity index (χ4n) is 2.51. The van der Waals surface area contributed by atoms with Crippen molar-refractivity contribution in [1.29, 1.82) is 0 Å². The van der Waals surface area contributed by atoms with E-state index in [1.165, 1.54) is 0 Å². The molecule has 0 aromatic rings. The van der Waals surface area contributed by atoms with Crippen LogP contribution in [0.5, 0.6) is 0 Å². The first-order chi connectivity index (χ1) is 24.6. The molecule has 0 saturated heterocycles. The summed E-state index contributed by atoms with van der Waals surface area (Å²) in [6, 6.07) is 0. The molecule has 0 aromatic carbocycles. The zero-order valence-corrected chi connectivity index (χ0v) is 27.6. The van der Waals surface area contributed by atoms with Gasteiger partial charge in [-0.15, -0.1) is 6.42 Å². The van der Waals surface area contributed by atoms with Crippen LogP contribution in [0.25, 0.3) is 0 Å². The largest absolute Gasteiger partial charge is 0.465 e. The lowest BCUT2D eigenvalue weighted by Gasteiger charge is -2.14. The van der Waals surface area contributed by atoms with Gasteiger partial charge in [0.15, 0.2) is 0 Å². The highest BCUT2D eigenvalue weighted by Gasteiger charge is 2.16. The van der Waals surface area contributed by atoms with Crippen LogP contribution in [0.2, 0.25) is 0 Å².